The number of ether oxygens (including phenoxy) is 1. The van der Waals surface area contributed by atoms with Gasteiger partial charge in [0, 0.05) is 12.6 Å². The van der Waals surface area contributed by atoms with Crippen molar-refractivity contribution in [1.29, 1.82) is 0 Å². The van der Waals surface area contributed by atoms with Crippen molar-refractivity contribution in [3.8, 4) is 5.75 Å². The zero-order valence-electron chi connectivity index (χ0n) is 9.97. The van der Waals surface area contributed by atoms with Gasteiger partial charge in [-0.2, -0.15) is 0 Å². The highest BCUT2D eigenvalue weighted by molar-refractivity contribution is 5.91. The average Bonchev–Trinajstić information content (AvgIpc) is 2.83. The number of benzene rings is 1. The molecule has 1 heterocycles. The van der Waals surface area contributed by atoms with Gasteiger partial charge in [-0.1, -0.05) is 12.1 Å². The zero-order chi connectivity index (χ0) is 13.0. The topological polar surface area (TPSA) is 77.5 Å². The Morgan fingerprint density at radius 2 is 2.00 bits per heavy atom. The molecular formula is C13H14N2O3. The van der Waals surface area contributed by atoms with E-state index in [1.165, 1.54) is 0 Å². The summed E-state index contributed by atoms with van der Waals surface area (Å²) in [7, 11) is 1.61. The predicted molar refractivity (Wildman–Crippen MR) is 67.3 cm³/mol. The second kappa shape index (κ2) is 5.27. The Bertz CT molecular complexity index is 531. The highest BCUT2D eigenvalue weighted by Gasteiger charge is 2.09. The Morgan fingerprint density at radius 3 is 2.56 bits per heavy atom. The Labute approximate surface area is 105 Å². The van der Waals surface area contributed by atoms with Crippen molar-refractivity contribution in [3.63, 3.8) is 0 Å². The fourth-order valence-corrected chi connectivity index (χ4v) is 1.49. The largest absolute Gasteiger partial charge is 0.497 e. The maximum Gasteiger partial charge on any atom is 0.287 e. The van der Waals surface area contributed by atoms with Gasteiger partial charge in [-0.15, -0.1) is 0 Å². The van der Waals surface area contributed by atoms with Crippen LogP contribution in [0.25, 0.3) is 0 Å². The molecule has 5 nitrogen and oxygen atoms in total. The van der Waals surface area contributed by atoms with E-state index in [2.05, 4.69) is 5.32 Å². The average molecular weight is 246 g/mol. The number of amides is 1. The lowest BCUT2D eigenvalue weighted by Crippen LogP contribution is -2.22. The molecule has 0 atom stereocenters. The van der Waals surface area contributed by atoms with Crippen LogP contribution >= 0.6 is 0 Å². The van der Waals surface area contributed by atoms with Crippen LogP contribution in [0.3, 0.4) is 0 Å². The number of nitrogens with one attached hydrogen (secondary N) is 1. The van der Waals surface area contributed by atoms with E-state index in [1.807, 2.05) is 24.3 Å². The van der Waals surface area contributed by atoms with Gasteiger partial charge in [-0.05, 0) is 23.8 Å². The number of furan rings is 1. The number of rotatable bonds is 4. The Morgan fingerprint density at radius 1 is 1.28 bits per heavy atom. The zero-order valence-corrected chi connectivity index (χ0v) is 9.97. The first-order valence-electron chi connectivity index (χ1n) is 5.45. The molecule has 0 radical (unpaired) electrons. The minimum atomic E-state index is -0.289. The molecule has 1 aromatic heterocycles. The molecule has 0 aliphatic carbocycles. The quantitative estimate of drug-likeness (QED) is 0.862. The number of nitrogens with two attached hydrogens (primary N) is 1. The predicted octanol–water partition coefficient (Wildman–Crippen LogP) is 1.80. The minimum absolute atomic E-state index is 0.209. The van der Waals surface area contributed by atoms with Crippen LogP contribution in [0.5, 0.6) is 5.75 Å². The third kappa shape index (κ3) is 2.82. The molecule has 94 valence electrons. The van der Waals surface area contributed by atoms with Crippen LogP contribution in [0.15, 0.2) is 40.8 Å². The SMILES string of the molecule is COc1ccc(CNC(=O)c2ccc(N)o2)cc1. The van der Waals surface area contributed by atoms with Crippen LogP contribution in [-0.4, -0.2) is 13.0 Å². The van der Waals surface area contributed by atoms with Crippen LogP contribution in [0.2, 0.25) is 0 Å². The molecule has 0 bridgehead atoms. The molecule has 3 N–H and O–H groups in total. The lowest BCUT2D eigenvalue weighted by atomic mass is 10.2. The van der Waals surface area contributed by atoms with Crippen LogP contribution in [-0.2, 0) is 6.54 Å². The van der Waals surface area contributed by atoms with E-state index in [9.17, 15) is 4.79 Å². The monoisotopic (exact) mass is 246 g/mol. The number of carbonyl (C=O) groups is 1. The van der Waals surface area contributed by atoms with E-state index < -0.39 is 0 Å². The van der Waals surface area contributed by atoms with Gasteiger partial charge in [-0.3, -0.25) is 4.79 Å². The first kappa shape index (κ1) is 12.0. The molecule has 18 heavy (non-hydrogen) atoms. The summed E-state index contributed by atoms with van der Waals surface area (Å²) in [5.41, 5.74) is 6.37. The van der Waals surface area contributed by atoms with Gasteiger partial charge in [0.2, 0.25) is 0 Å². The fourth-order valence-electron chi connectivity index (χ4n) is 1.49. The summed E-state index contributed by atoms with van der Waals surface area (Å²) in [5, 5.41) is 2.74. The van der Waals surface area contributed by atoms with Crippen molar-refractivity contribution < 1.29 is 13.9 Å². The highest BCUT2D eigenvalue weighted by atomic mass is 16.5. The molecule has 5 heteroatoms. The normalized spacial score (nSPS) is 10.1. The van der Waals surface area contributed by atoms with Gasteiger partial charge in [0.1, 0.15) is 5.75 Å². The second-order valence-corrected chi connectivity index (χ2v) is 3.73. The first-order chi connectivity index (χ1) is 8.69. The Kier molecular flexibility index (Phi) is 3.52. The van der Waals surface area contributed by atoms with Gasteiger partial charge < -0.3 is 20.2 Å². The van der Waals surface area contributed by atoms with Crippen LogP contribution in [0, 0.1) is 0 Å². The maximum atomic E-state index is 11.7. The van der Waals surface area contributed by atoms with Gasteiger partial charge in [-0.25, -0.2) is 0 Å². The third-order valence-corrected chi connectivity index (χ3v) is 2.46. The number of anilines is 1. The van der Waals surface area contributed by atoms with Crippen molar-refractivity contribution in [1.82, 2.24) is 5.32 Å². The molecule has 0 spiro atoms. The van der Waals surface area contributed by atoms with Gasteiger partial charge in [0.15, 0.2) is 11.6 Å². The first-order valence-corrected chi connectivity index (χ1v) is 5.45. The fraction of sp³-hybridized carbons (Fsp3) is 0.154. The summed E-state index contributed by atoms with van der Waals surface area (Å²) in [5.74, 6) is 0.928. The van der Waals surface area contributed by atoms with E-state index in [4.69, 9.17) is 14.9 Å². The van der Waals surface area contributed by atoms with Gasteiger partial charge >= 0.3 is 0 Å². The van der Waals surface area contributed by atoms with E-state index in [0.29, 0.717) is 6.54 Å². The van der Waals surface area contributed by atoms with Crippen LogP contribution < -0.4 is 15.8 Å². The van der Waals surface area contributed by atoms with E-state index in [0.717, 1.165) is 11.3 Å². The van der Waals surface area contributed by atoms with Crippen molar-refractivity contribution in [3.05, 3.63) is 47.7 Å². The van der Waals surface area contributed by atoms with E-state index in [1.54, 1.807) is 19.2 Å². The minimum Gasteiger partial charge on any atom is -0.497 e. The number of hydrogen-bond acceptors (Lipinski definition) is 4. The molecule has 2 aromatic rings. The summed E-state index contributed by atoms with van der Waals surface area (Å²) in [6, 6.07) is 10.5. The van der Waals surface area contributed by atoms with Gasteiger partial charge in [0.05, 0.1) is 7.11 Å². The standard InChI is InChI=1S/C13H14N2O3/c1-17-10-4-2-9(3-5-10)8-15-13(16)11-6-7-12(14)18-11/h2-7H,8,14H2,1H3,(H,15,16). The van der Waals surface area contributed by atoms with Crippen molar-refractivity contribution in [2.75, 3.05) is 12.8 Å². The summed E-state index contributed by atoms with van der Waals surface area (Å²) in [6.07, 6.45) is 0. The lowest BCUT2D eigenvalue weighted by Gasteiger charge is -2.04. The molecule has 0 saturated carbocycles. The molecule has 1 aromatic carbocycles. The van der Waals surface area contributed by atoms with E-state index >= 15 is 0 Å². The molecule has 0 fully saturated rings. The third-order valence-electron chi connectivity index (χ3n) is 2.46. The molecule has 0 aliphatic rings. The van der Waals surface area contributed by atoms with Crippen LogP contribution in [0.4, 0.5) is 5.88 Å². The summed E-state index contributed by atoms with van der Waals surface area (Å²) >= 11 is 0. The number of hydrogen-bond donors (Lipinski definition) is 2. The van der Waals surface area contributed by atoms with Crippen LogP contribution in [0.1, 0.15) is 16.1 Å². The number of methoxy groups -OCH3 is 1. The summed E-state index contributed by atoms with van der Waals surface area (Å²) in [6.45, 7) is 0.420. The number of nitrogen functional groups attached to an aromatic ring is 1. The Hall–Kier alpha value is -2.43. The molecule has 0 aliphatic heterocycles. The smallest absolute Gasteiger partial charge is 0.287 e. The van der Waals surface area contributed by atoms with Crippen molar-refractivity contribution >= 4 is 11.8 Å². The Balaban J connectivity index is 1.92. The molecular weight excluding hydrogens is 232 g/mol. The van der Waals surface area contributed by atoms with Crippen molar-refractivity contribution in [2.45, 2.75) is 6.54 Å². The molecule has 1 amide bonds. The number of carbonyl (C=O) groups excluding carboxylic acids is 1. The van der Waals surface area contributed by atoms with Crippen molar-refractivity contribution in [2.24, 2.45) is 0 Å². The maximum absolute atomic E-state index is 11.7. The second-order valence-electron chi connectivity index (χ2n) is 3.73. The van der Waals surface area contributed by atoms with E-state index in [-0.39, 0.29) is 17.6 Å². The molecule has 0 unspecified atom stereocenters. The lowest BCUT2D eigenvalue weighted by molar-refractivity contribution is 0.0924. The molecule has 0 saturated heterocycles. The van der Waals surface area contributed by atoms with Gasteiger partial charge in [0.25, 0.3) is 5.91 Å². The highest BCUT2D eigenvalue weighted by Crippen LogP contribution is 2.12. The summed E-state index contributed by atoms with van der Waals surface area (Å²) < 4.78 is 10.1. The summed E-state index contributed by atoms with van der Waals surface area (Å²) in [4.78, 5) is 11.7. The molecule has 2 rings (SSSR count).